The fraction of sp³-hybridized carbons (Fsp3) is 0.696. The molecule has 0 heterocycles. The molecule has 0 aromatic rings. The molecule has 0 saturated carbocycles. The van der Waals surface area contributed by atoms with Gasteiger partial charge in [0.1, 0.15) is 13.2 Å². The van der Waals surface area contributed by atoms with E-state index in [0.717, 1.165) is 103 Å². The maximum absolute atomic E-state index is 12.8. The van der Waals surface area contributed by atoms with Crippen LogP contribution in [0.25, 0.3) is 0 Å². The average molecular weight is 863 g/mol. The van der Waals surface area contributed by atoms with Gasteiger partial charge in [-0.1, -0.05) is 234 Å². The van der Waals surface area contributed by atoms with Gasteiger partial charge in [-0.25, -0.2) is 0 Å². The van der Waals surface area contributed by atoms with Crippen molar-refractivity contribution in [2.24, 2.45) is 0 Å². The fourth-order valence-electron chi connectivity index (χ4n) is 6.92. The first-order chi connectivity index (χ1) is 30.5. The Balaban J connectivity index is 4.44. The van der Waals surface area contributed by atoms with Crippen LogP contribution in [0.2, 0.25) is 0 Å². The summed E-state index contributed by atoms with van der Waals surface area (Å²) in [7, 11) is 0. The normalized spacial score (nSPS) is 12.8. The van der Waals surface area contributed by atoms with Gasteiger partial charge in [0.05, 0.1) is 0 Å². The number of allylic oxidation sites excluding steroid dienone is 14. The molecule has 0 aliphatic heterocycles. The van der Waals surface area contributed by atoms with Crippen LogP contribution < -0.4 is 0 Å². The van der Waals surface area contributed by atoms with Crippen molar-refractivity contribution in [1.29, 1.82) is 0 Å². The third-order valence-corrected chi connectivity index (χ3v) is 10.7. The van der Waals surface area contributed by atoms with Gasteiger partial charge in [0.2, 0.25) is 0 Å². The number of carbonyl (C=O) groups excluding carboxylic acids is 3. The quantitative estimate of drug-likeness (QED) is 0.0199. The van der Waals surface area contributed by atoms with Gasteiger partial charge in [0.25, 0.3) is 0 Å². The molecule has 0 radical (unpaired) electrons. The van der Waals surface area contributed by atoms with Gasteiger partial charge in [-0.2, -0.15) is 0 Å². The van der Waals surface area contributed by atoms with E-state index in [1.165, 1.54) is 89.9 Å². The van der Waals surface area contributed by atoms with E-state index in [-0.39, 0.29) is 31.1 Å². The first-order valence-corrected chi connectivity index (χ1v) is 25.7. The summed E-state index contributed by atoms with van der Waals surface area (Å²) in [6.45, 7) is 6.41. The minimum absolute atomic E-state index is 0.0873. The van der Waals surface area contributed by atoms with Crippen LogP contribution in [0.4, 0.5) is 0 Å². The van der Waals surface area contributed by atoms with Crippen LogP contribution in [0.5, 0.6) is 0 Å². The highest BCUT2D eigenvalue weighted by atomic mass is 16.6. The number of hydrogen-bond donors (Lipinski definition) is 0. The number of rotatable bonds is 45. The van der Waals surface area contributed by atoms with Gasteiger partial charge in [-0.05, 0) is 64.2 Å². The average Bonchev–Trinajstić information content (AvgIpc) is 3.27. The number of unbranched alkanes of at least 4 members (excludes halogenated alkanes) is 24. The first kappa shape index (κ1) is 58.6. The summed E-state index contributed by atoms with van der Waals surface area (Å²) in [6, 6.07) is 0. The Labute approximate surface area is 382 Å². The molecule has 0 aliphatic rings. The molecule has 0 aromatic heterocycles. The van der Waals surface area contributed by atoms with E-state index in [0.29, 0.717) is 19.3 Å². The summed E-state index contributed by atoms with van der Waals surface area (Å²) < 4.78 is 16.8. The summed E-state index contributed by atoms with van der Waals surface area (Å²) in [5.41, 5.74) is 0. The summed E-state index contributed by atoms with van der Waals surface area (Å²) in [5.74, 6) is -0.922. The molecule has 1 unspecified atom stereocenters. The number of esters is 3. The third kappa shape index (κ3) is 47.6. The predicted molar refractivity (Wildman–Crippen MR) is 265 cm³/mol. The highest BCUT2D eigenvalue weighted by Crippen LogP contribution is 2.15. The van der Waals surface area contributed by atoms with E-state index in [4.69, 9.17) is 14.2 Å². The van der Waals surface area contributed by atoms with Gasteiger partial charge in [0.15, 0.2) is 6.10 Å². The zero-order valence-corrected chi connectivity index (χ0v) is 40.4. The third-order valence-electron chi connectivity index (χ3n) is 10.7. The molecular formula is C56H94O6. The molecule has 0 aliphatic carbocycles. The lowest BCUT2D eigenvalue weighted by Gasteiger charge is -2.18. The Bertz CT molecular complexity index is 1220. The molecule has 0 bridgehead atoms. The lowest BCUT2D eigenvalue weighted by Crippen LogP contribution is -2.30. The second-order valence-electron chi connectivity index (χ2n) is 16.8. The Morgan fingerprint density at radius 2 is 0.726 bits per heavy atom. The zero-order chi connectivity index (χ0) is 45.1. The van der Waals surface area contributed by atoms with Crippen molar-refractivity contribution < 1.29 is 28.6 Å². The van der Waals surface area contributed by atoms with Crippen molar-refractivity contribution in [2.45, 2.75) is 239 Å². The molecule has 354 valence electrons. The maximum Gasteiger partial charge on any atom is 0.306 e. The van der Waals surface area contributed by atoms with Gasteiger partial charge < -0.3 is 14.2 Å². The smallest absolute Gasteiger partial charge is 0.306 e. The number of ether oxygens (including phenoxy) is 3. The van der Waals surface area contributed by atoms with E-state index < -0.39 is 6.10 Å². The predicted octanol–water partition coefficient (Wildman–Crippen LogP) is 16.8. The largest absolute Gasteiger partial charge is 0.462 e. The van der Waals surface area contributed by atoms with Crippen LogP contribution in [-0.4, -0.2) is 37.2 Å². The van der Waals surface area contributed by atoms with Crippen LogP contribution in [-0.2, 0) is 28.6 Å². The maximum atomic E-state index is 12.8. The lowest BCUT2D eigenvalue weighted by atomic mass is 10.0. The van der Waals surface area contributed by atoms with E-state index in [2.05, 4.69) is 81.5 Å². The highest BCUT2D eigenvalue weighted by Gasteiger charge is 2.19. The Kier molecular flexibility index (Phi) is 47.5. The number of carbonyl (C=O) groups is 3. The molecule has 0 N–H and O–H groups in total. The topological polar surface area (TPSA) is 78.9 Å². The Hall–Kier alpha value is -3.41. The van der Waals surface area contributed by atoms with Gasteiger partial charge in [-0.15, -0.1) is 0 Å². The summed E-state index contributed by atoms with van der Waals surface area (Å²) in [6.07, 6.45) is 64.1. The monoisotopic (exact) mass is 863 g/mol. The SMILES string of the molecule is CC/C=C\C/C=C\CCCCCCCCCC(=O)OC(COC(=O)CCCCCCC\C=C/C=C\C=C/C=C\C=C/CCC)COC(=O)CCCCCCCCCCCCCC. The standard InChI is InChI=1S/C56H94O6/c1-4-7-10-13-16-19-22-25-27-28-29-30-32-34-37-40-43-46-49-55(58)61-52-53(51-60-54(57)48-45-42-39-36-33-24-21-18-15-12-9-6-3)62-56(59)50-47-44-41-38-35-31-26-23-20-17-14-11-8-5-2/h8,10-11,13,16-17,19-20,22,25,27-30,53H,4-7,9,12,14-15,18,21,23-24,26,31-52H2,1-3H3/b11-8-,13-10-,19-16-,20-17-,25-22-,28-27-,30-29-. The van der Waals surface area contributed by atoms with Crippen LogP contribution in [0.3, 0.4) is 0 Å². The Morgan fingerprint density at radius 1 is 0.355 bits per heavy atom. The van der Waals surface area contributed by atoms with E-state index >= 15 is 0 Å². The minimum Gasteiger partial charge on any atom is -0.462 e. The number of hydrogen-bond acceptors (Lipinski definition) is 6. The molecular weight excluding hydrogens is 769 g/mol. The first-order valence-electron chi connectivity index (χ1n) is 25.7. The zero-order valence-electron chi connectivity index (χ0n) is 40.4. The van der Waals surface area contributed by atoms with Crippen molar-refractivity contribution in [2.75, 3.05) is 13.2 Å². The van der Waals surface area contributed by atoms with E-state index in [1.807, 2.05) is 24.3 Å². The fourth-order valence-corrected chi connectivity index (χ4v) is 6.92. The molecule has 0 saturated heterocycles. The van der Waals surface area contributed by atoms with Gasteiger partial charge in [-0.3, -0.25) is 14.4 Å². The van der Waals surface area contributed by atoms with Crippen LogP contribution >= 0.6 is 0 Å². The molecule has 0 aromatic carbocycles. The lowest BCUT2D eigenvalue weighted by molar-refractivity contribution is -0.167. The van der Waals surface area contributed by atoms with Crippen molar-refractivity contribution in [1.82, 2.24) is 0 Å². The molecule has 1 atom stereocenters. The Morgan fingerprint density at radius 3 is 1.18 bits per heavy atom. The van der Waals surface area contributed by atoms with Crippen molar-refractivity contribution in [3.8, 4) is 0 Å². The molecule has 0 amide bonds. The van der Waals surface area contributed by atoms with E-state index in [1.54, 1.807) is 0 Å². The van der Waals surface area contributed by atoms with Crippen LogP contribution in [0, 0.1) is 0 Å². The molecule has 62 heavy (non-hydrogen) atoms. The molecule has 0 rings (SSSR count). The molecule has 6 nitrogen and oxygen atoms in total. The molecule has 0 spiro atoms. The second-order valence-corrected chi connectivity index (χ2v) is 16.8. The summed E-state index contributed by atoms with van der Waals surface area (Å²) >= 11 is 0. The van der Waals surface area contributed by atoms with Crippen LogP contribution in [0.1, 0.15) is 233 Å². The minimum atomic E-state index is -0.789. The molecule has 6 heteroatoms. The highest BCUT2D eigenvalue weighted by molar-refractivity contribution is 5.71. The van der Waals surface area contributed by atoms with Crippen LogP contribution in [0.15, 0.2) is 85.1 Å². The summed E-state index contributed by atoms with van der Waals surface area (Å²) in [4.78, 5) is 38.0. The summed E-state index contributed by atoms with van der Waals surface area (Å²) in [5, 5.41) is 0. The van der Waals surface area contributed by atoms with Crippen molar-refractivity contribution >= 4 is 17.9 Å². The van der Waals surface area contributed by atoms with Crippen molar-refractivity contribution in [3.05, 3.63) is 85.1 Å². The second kappa shape index (κ2) is 50.2. The van der Waals surface area contributed by atoms with Gasteiger partial charge >= 0.3 is 17.9 Å². The van der Waals surface area contributed by atoms with E-state index in [9.17, 15) is 14.4 Å². The van der Waals surface area contributed by atoms with Gasteiger partial charge in [0, 0.05) is 19.3 Å². The molecule has 0 fully saturated rings. The van der Waals surface area contributed by atoms with Crippen molar-refractivity contribution in [3.63, 3.8) is 0 Å².